The SMILES string of the molecule is COC(=O)c1ccc(-c2ccc(C(C)C(O)(c3ccc(=O)[nH]c3C)C(F)(F)F)c(Cl)c2)cc1F. The van der Waals surface area contributed by atoms with Gasteiger partial charge in [0.25, 0.3) is 0 Å². The third-order valence-electron chi connectivity index (χ3n) is 5.76. The van der Waals surface area contributed by atoms with E-state index >= 15 is 0 Å². The number of hydrogen-bond donors (Lipinski definition) is 2. The average Bonchev–Trinajstić information content (AvgIpc) is 2.76. The number of benzene rings is 2. The van der Waals surface area contributed by atoms with Crippen molar-refractivity contribution in [1.82, 2.24) is 4.98 Å². The number of pyridine rings is 1. The Morgan fingerprint density at radius 3 is 2.24 bits per heavy atom. The van der Waals surface area contributed by atoms with E-state index in [4.69, 9.17) is 11.6 Å². The molecule has 0 spiro atoms. The van der Waals surface area contributed by atoms with E-state index in [0.29, 0.717) is 11.1 Å². The molecule has 2 atom stereocenters. The lowest BCUT2D eigenvalue weighted by molar-refractivity contribution is -0.274. The molecule has 180 valence electrons. The van der Waals surface area contributed by atoms with Gasteiger partial charge in [0.2, 0.25) is 5.56 Å². The van der Waals surface area contributed by atoms with E-state index in [-0.39, 0.29) is 21.8 Å². The van der Waals surface area contributed by atoms with Crippen LogP contribution in [0.3, 0.4) is 0 Å². The number of aromatic amines is 1. The number of rotatable bonds is 5. The molecule has 0 fully saturated rings. The number of H-pyrrole nitrogens is 1. The third kappa shape index (κ3) is 4.45. The molecule has 0 radical (unpaired) electrons. The maximum absolute atomic E-state index is 14.3. The Hall–Kier alpha value is -3.17. The lowest BCUT2D eigenvalue weighted by Gasteiger charge is -2.37. The van der Waals surface area contributed by atoms with Gasteiger partial charge in [-0.05, 0) is 47.9 Å². The number of aromatic nitrogens is 1. The fraction of sp³-hybridized carbons (Fsp3) is 0.250. The van der Waals surface area contributed by atoms with Crippen molar-refractivity contribution in [2.24, 2.45) is 0 Å². The third-order valence-corrected chi connectivity index (χ3v) is 6.09. The molecule has 0 amide bonds. The number of esters is 1. The summed E-state index contributed by atoms with van der Waals surface area (Å²) in [5.74, 6) is -3.26. The second kappa shape index (κ2) is 9.23. The van der Waals surface area contributed by atoms with Gasteiger partial charge in [0.15, 0.2) is 5.60 Å². The van der Waals surface area contributed by atoms with Gasteiger partial charge in [-0.25, -0.2) is 9.18 Å². The summed E-state index contributed by atoms with van der Waals surface area (Å²) in [7, 11) is 1.12. The van der Waals surface area contributed by atoms with Crippen LogP contribution in [-0.4, -0.2) is 29.3 Å². The summed E-state index contributed by atoms with van der Waals surface area (Å²) in [6.07, 6.45) is -5.11. The molecule has 34 heavy (non-hydrogen) atoms. The number of carbonyl (C=O) groups is 1. The number of methoxy groups -OCH3 is 1. The van der Waals surface area contributed by atoms with Crippen molar-refractivity contribution in [2.75, 3.05) is 7.11 Å². The molecule has 2 aromatic carbocycles. The largest absolute Gasteiger partial charge is 0.465 e. The Kier molecular flexibility index (Phi) is 6.91. The van der Waals surface area contributed by atoms with Gasteiger partial charge in [0.1, 0.15) is 5.82 Å². The number of aryl methyl sites for hydroxylation is 1. The normalized spacial score (nSPS) is 14.4. The van der Waals surface area contributed by atoms with Crippen molar-refractivity contribution >= 4 is 17.6 Å². The highest BCUT2D eigenvalue weighted by atomic mass is 35.5. The zero-order valence-corrected chi connectivity index (χ0v) is 19.0. The molecule has 0 bridgehead atoms. The molecule has 3 rings (SSSR count). The Bertz CT molecular complexity index is 1300. The summed E-state index contributed by atoms with van der Waals surface area (Å²) in [6, 6.07) is 9.68. The number of carbonyl (C=O) groups excluding carboxylic acids is 1. The molecular weight excluding hydrogens is 478 g/mol. The summed E-state index contributed by atoms with van der Waals surface area (Å²) in [5.41, 5.74) is -4.18. The summed E-state index contributed by atoms with van der Waals surface area (Å²) in [4.78, 5) is 25.3. The molecule has 0 aliphatic rings. The van der Waals surface area contributed by atoms with E-state index in [0.717, 1.165) is 25.3 Å². The van der Waals surface area contributed by atoms with E-state index in [1.165, 1.54) is 44.2 Å². The fourth-order valence-electron chi connectivity index (χ4n) is 3.88. The topological polar surface area (TPSA) is 79.4 Å². The molecule has 5 nitrogen and oxygen atoms in total. The van der Waals surface area contributed by atoms with Crippen molar-refractivity contribution in [3.05, 3.63) is 92.1 Å². The number of hydrogen-bond acceptors (Lipinski definition) is 4. The van der Waals surface area contributed by atoms with Crippen molar-refractivity contribution in [2.45, 2.75) is 31.5 Å². The standard InChI is InChI=1S/C24H20ClF4NO4/c1-12(23(33,24(27,28)29)18-8-9-21(31)30-13(18)2)16-6-4-14(10-19(16)25)15-5-7-17(20(26)11-15)22(32)34-3/h4-12,33H,1-3H3,(H,30,31). The molecular formula is C24H20ClF4NO4. The van der Waals surface area contributed by atoms with E-state index in [9.17, 15) is 32.3 Å². The lowest BCUT2D eigenvalue weighted by atomic mass is 9.77. The first-order valence-electron chi connectivity index (χ1n) is 9.98. The van der Waals surface area contributed by atoms with Crippen LogP contribution in [0.1, 0.15) is 40.0 Å². The monoisotopic (exact) mass is 497 g/mol. The van der Waals surface area contributed by atoms with Gasteiger partial charge in [0, 0.05) is 28.3 Å². The first kappa shape index (κ1) is 25.5. The number of nitrogens with one attached hydrogen (secondary N) is 1. The van der Waals surface area contributed by atoms with Gasteiger partial charge in [-0.3, -0.25) is 4.79 Å². The number of halogens is 5. The van der Waals surface area contributed by atoms with Crippen LogP contribution in [0.2, 0.25) is 5.02 Å². The maximum atomic E-state index is 14.3. The molecule has 0 saturated heterocycles. The highest BCUT2D eigenvalue weighted by molar-refractivity contribution is 6.31. The first-order valence-corrected chi connectivity index (χ1v) is 10.4. The van der Waals surface area contributed by atoms with Crippen LogP contribution in [-0.2, 0) is 10.3 Å². The van der Waals surface area contributed by atoms with Crippen LogP contribution in [0.15, 0.2) is 53.3 Å². The molecule has 0 aliphatic carbocycles. The Labute approximate surface area is 197 Å². The quantitative estimate of drug-likeness (QED) is 0.361. The second-order valence-corrected chi connectivity index (χ2v) is 8.18. The van der Waals surface area contributed by atoms with E-state index in [1.807, 2.05) is 0 Å². The highest BCUT2D eigenvalue weighted by Crippen LogP contribution is 2.50. The maximum Gasteiger partial charge on any atom is 0.422 e. The Balaban J connectivity index is 2.07. The Morgan fingerprint density at radius 1 is 1.09 bits per heavy atom. The Morgan fingerprint density at radius 2 is 1.71 bits per heavy atom. The number of ether oxygens (including phenoxy) is 1. The predicted octanol–water partition coefficient (Wildman–Crippen LogP) is 5.48. The van der Waals surface area contributed by atoms with Gasteiger partial charge in [-0.2, -0.15) is 13.2 Å². The summed E-state index contributed by atoms with van der Waals surface area (Å²) >= 11 is 6.32. The highest BCUT2D eigenvalue weighted by Gasteiger charge is 2.59. The molecule has 2 N–H and O–H groups in total. The minimum absolute atomic E-state index is 0.0116. The number of aliphatic hydroxyl groups is 1. The van der Waals surface area contributed by atoms with Crippen LogP contribution in [0.4, 0.5) is 17.6 Å². The van der Waals surface area contributed by atoms with Crippen molar-refractivity contribution in [1.29, 1.82) is 0 Å². The first-order chi connectivity index (χ1) is 15.8. The van der Waals surface area contributed by atoms with E-state index < -0.39 is 40.6 Å². The summed E-state index contributed by atoms with van der Waals surface area (Å²) in [5, 5.41) is 10.9. The molecule has 10 heteroatoms. The van der Waals surface area contributed by atoms with Gasteiger partial charge >= 0.3 is 12.1 Å². The van der Waals surface area contributed by atoms with Gasteiger partial charge in [-0.1, -0.05) is 36.7 Å². The number of alkyl halides is 3. The van der Waals surface area contributed by atoms with Gasteiger partial charge < -0.3 is 14.8 Å². The van der Waals surface area contributed by atoms with E-state index in [1.54, 1.807) is 0 Å². The molecule has 2 unspecified atom stereocenters. The predicted molar refractivity (Wildman–Crippen MR) is 118 cm³/mol. The molecule has 1 heterocycles. The molecule has 0 saturated carbocycles. The molecule has 0 aliphatic heterocycles. The average molecular weight is 498 g/mol. The molecule has 1 aromatic heterocycles. The summed E-state index contributed by atoms with van der Waals surface area (Å²) < 4.78 is 61.4. The van der Waals surface area contributed by atoms with Crippen LogP contribution in [0.5, 0.6) is 0 Å². The molecule has 3 aromatic rings. The second-order valence-electron chi connectivity index (χ2n) is 7.77. The van der Waals surface area contributed by atoms with Crippen LogP contribution in [0, 0.1) is 12.7 Å². The van der Waals surface area contributed by atoms with Crippen molar-refractivity contribution in [3.8, 4) is 11.1 Å². The van der Waals surface area contributed by atoms with Crippen LogP contribution < -0.4 is 5.56 Å². The fourth-order valence-corrected chi connectivity index (χ4v) is 4.22. The van der Waals surface area contributed by atoms with Gasteiger partial charge in [-0.15, -0.1) is 0 Å². The minimum Gasteiger partial charge on any atom is -0.465 e. The van der Waals surface area contributed by atoms with E-state index in [2.05, 4.69) is 9.72 Å². The summed E-state index contributed by atoms with van der Waals surface area (Å²) in [6.45, 7) is 2.43. The van der Waals surface area contributed by atoms with Gasteiger partial charge in [0.05, 0.1) is 12.7 Å². The van der Waals surface area contributed by atoms with Crippen molar-refractivity contribution < 1.29 is 32.2 Å². The zero-order valence-electron chi connectivity index (χ0n) is 18.3. The zero-order chi connectivity index (χ0) is 25.4. The minimum atomic E-state index is -5.11. The lowest BCUT2D eigenvalue weighted by Crippen LogP contribution is -2.47. The van der Waals surface area contributed by atoms with Crippen molar-refractivity contribution in [3.63, 3.8) is 0 Å². The smallest absolute Gasteiger partial charge is 0.422 e. The van der Waals surface area contributed by atoms with Crippen LogP contribution >= 0.6 is 11.6 Å². The van der Waals surface area contributed by atoms with Crippen LogP contribution in [0.25, 0.3) is 11.1 Å².